The van der Waals surface area contributed by atoms with Gasteiger partial charge in [0.15, 0.2) is 11.8 Å². The minimum absolute atomic E-state index is 0.0687. The van der Waals surface area contributed by atoms with Crippen molar-refractivity contribution in [2.45, 2.75) is 16.8 Å². The number of ether oxygens (including phenoxy) is 1. The lowest BCUT2D eigenvalue weighted by atomic mass is 10.1. The van der Waals surface area contributed by atoms with Crippen molar-refractivity contribution in [2.24, 2.45) is 0 Å². The van der Waals surface area contributed by atoms with Gasteiger partial charge < -0.3 is 16.2 Å². The van der Waals surface area contributed by atoms with Gasteiger partial charge in [0.2, 0.25) is 17.6 Å². The molecular weight excluding hydrogens is 529 g/mol. The topological polar surface area (TPSA) is 159 Å². The van der Waals surface area contributed by atoms with Crippen LogP contribution in [0.2, 0.25) is 10.0 Å². The number of hydrogen-bond donors (Lipinski definition) is 2. The molecule has 1 aliphatic rings. The average Bonchev–Trinajstić information content (AvgIpc) is 3.09. The molecule has 10 nitrogen and oxygen atoms in total. The molecule has 184 valence electrons. The maximum absolute atomic E-state index is 12.9. The lowest BCUT2D eigenvalue weighted by molar-refractivity contribution is -0.121. The smallest absolute Gasteiger partial charge is 0.338 e. The van der Waals surface area contributed by atoms with Gasteiger partial charge in [0, 0.05) is 23.1 Å². The second kappa shape index (κ2) is 10.5. The summed E-state index contributed by atoms with van der Waals surface area (Å²) in [6.07, 6.45) is -0.0687. The van der Waals surface area contributed by atoms with Gasteiger partial charge in [-0.15, -0.1) is 0 Å². The Hall–Kier alpha value is -3.67. The van der Waals surface area contributed by atoms with Crippen LogP contribution in [0.3, 0.4) is 0 Å². The summed E-state index contributed by atoms with van der Waals surface area (Å²) in [6.45, 7) is -0.527. The van der Waals surface area contributed by atoms with E-state index in [1.807, 2.05) is 0 Å². The molecule has 1 aliphatic heterocycles. The number of Topliss-reactive ketones (excluding diaryl/α,β-unsaturated/α-hetero) is 1. The number of anilines is 3. The molecule has 36 heavy (non-hydrogen) atoms. The van der Waals surface area contributed by atoms with Gasteiger partial charge in [0.25, 0.3) is 0 Å². The van der Waals surface area contributed by atoms with Gasteiger partial charge in [-0.1, -0.05) is 35.0 Å². The van der Waals surface area contributed by atoms with Gasteiger partial charge >= 0.3 is 5.97 Å². The number of nitrogens with two attached hydrogens (primary N) is 2. The van der Waals surface area contributed by atoms with Crippen molar-refractivity contribution in [2.75, 3.05) is 23.0 Å². The van der Waals surface area contributed by atoms with E-state index in [2.05, 4.69) is 9.97 Å². The summed E-state index contributed by atoms with van der Waals surface area (Å²) >= 11 is 12.8. The number of halogens is 2. The predicted octanol–water partition coefficient (Wildman–Crippen LogP) is 3.41. The minimum Gasteiger partial charge on any atom is -0.454 e. The number of amides is 2. The van der Waals surface area contributed by atoms with Crippen molar-refractivity contribution < 1.29 is 23.9 Å². The zero-order valence-electron chi connectivity index (χ0n) is 18.3. The molecule has 1 atom stereocenters. The Kier molecular flexibility index (Phi) is 7.43. The van der Waals surface area contributed by atoms with Crippen molar-refractivity contribution in [1.29, 1.82) is 0 Å². The number of benzene rings is 2. The zero-order chi connectivity index (χ0) is 26.0. The van der Waals surface area contributed by atoms with Crippen LogP contribution in [-0.4, -0.2) is 45.4 Å². The van der Waals surface area contributed by atoms with Crippen LogP contribution in [0.5, 0.6) is 0 Å². The molecule has 0 spiro atoms. The summed E-state index contributed by atoms with van der Waals surface area (Å²) in [5, 5.41) is -0.0477. The van der Waals surface area contributed by atoms with Crippen molar-refractivity contribution >= 4 is 75.9 Å². The molecule has 1 unspecified atom stereocenters. The van der Waals surface area contributed by atoms with Crippen LogP contribution >= 0.6 is 35.0 Å². The Labute approximate surface area is 218 Å². The number of thioether (sulfide) groups is 1. The summed E-state index contributed by atoms with van der Waals surface area (Å²) < 4.78 is 5.07. The highest BCUT2D eigenvalue weighted by Gasteiger charge is 2.40. The second-order valence-electron chi connectivity index (χ2n) is 7.55. The molecule has 2 heterocycles. The number of nitrogen functional groups attached to an aromatic ring is 2. The van der Waals surface area contributed by atoms with Crippen LogP contribution in [-0.2, 0) is 14.3 Å². The molecule has 4 N–H and O–H groups in total. The van der Waals surface area contributed by atoms with Crippen LogP contribution in [0, 0.1) is 0 Å². The Balaban J connectivity index is 1.39. The Morgan fingerprint density at radius 1 is 1.03 bits per heavy atom. The number of nitrogens with zero attached hydrogens (tertiary/aromatic N) is 3. The van der Waals surface area contributed by atoms with Gasteiger partial charge in [-0.3, -0.25) is 14.4 Å². The van der Waals surface area contributed by atoms with E-state index in [4.69, 9.17) is 39.4 Å². The number of imide groups is 1. The molecule has 0 saturated carbocycles. The third-order valence-electron chi connectivity index (χ3n) is 5.03. The fourth-order valence-electron chi connectivity index (χ4n) is 3.36. The first-order chi connectivity index (χ1) is 17.1. The lowest BCUT2D eigenvalue weighted by Crippen LogP contribution is -2.31. The SMILES string of the molecule is Nc1cc(N)nc(SC2CC(=O)N(c3ccc(C(=O)OCC(=O)c4ccc(Cl)cc4Cl)cc3)C2=O)n1. The zero-order valence-corrected chi connectivity index (χ0v) is 20.6. The molecule has 1 saturated heterocycles. The third-order valence-corrected chi connectivity index (χ3v) is 6.62. The van der Waals surface area contributed by atoms with Gasteiger partial charge in [0.05, 0.1) is 16.3 Å². The molecule has 2 amide bonds. The van der Waals surface area contributed by atoms with E-state index in [-0.39, 0.29) is 45.0 Å². The van der Waals surface area contributed by atoms with E-state index in [0.717, 1.165) is 16.7 Å². The van der Waals surface area contributed by atoms with Gasteiger partial charge in [-0.2, -0.15) is 0 Å². The first-order valence-electron chi connectivity index (χ1n) is 10.3. The molecule has 3 aromatic rings. The molecule has 0 aliphatic carbocycles. The average molecular weight is 546 g/mol. The third kappa shape index (κ3) is 5.59. The predicted molar refractivity (Wildman–Crippen MR) is 135 cm³/mol. The Morgan fingerprint density at radius 2 is 1.69 bits per heavy atom. The van der Waals surface area contributed by atoms with Crippen LogP contribution in [0.1, 0.15) is 27.1 Å². The number of carbonyl (C=O) groups excluding carboxylic acids is 4. The standard InChI is InChI=1S/C23H17Cl2N5O5S/c24-12-3-6-14(15(25)7-12)16(31)10-35-22(34)11-1-4-13(5-2-11)30-20(32)8-17(21(30)33)36-23-28-18(26)9-19(27)29-23/h1-7,9,17H,8,10H2,(H4,26,27,28,29). The van der Waals surface area contributed by atoms with Gasteiger partial charge in [-0.05, 0) is 42.5 Å². The normalized spacial score (nSPS) is 15.3. The van der Waals surface area contributed by atoms with Crippen molar-refractivity contribution in [3.63, 3.8) is 0 Å². The molecule has 1 aromatic heterocycles. The number of hydrogen-bond acceptors (Lipinski definition) is 10. The van der Waals surface area contributed by atoms with Crippen LogP contribution in [0.4, 0.5) is 17.3 Å². The number of esters is 1. The Morgan fingerprint density at radius 3 is 2.33 bits per heavy atom. The first kappa shape index (κ1) is 25.4. The summed E-state index contributed by atoms with van der Waals surface area (Å²) in [7, 11) is 0. The van der Waals surface area contributed by atoms with Crippen molar-refractivity contribution in [3.8, 4) is 0 Å². The number of aromatic nitrogens is 2. The maximum atomic E-state index is 12.9. The molecule has 4 rings (SSSR count). The summed E-state index contributed by atoms with van der Waals surface area (Å²) in [4.78, 5) is 59.2. The van der Waals surface area contributed by atoms with Crippen LogP contribution in [0.25, 0.3) is 0 Å². The van der Waals surface area contributed by atoms with Crippen LogP contribution < -0.4 is 16.4 Å². The molecule has 0 bridgehead atoms. The molecule has 1 fully saturated rings. The fraction of sp³-hybridized carbons (Fsp3) is 0.130. The summed E-state index contributed by atoms with van der Waals surface area (Å²) in [6, 6.07) is 11.4. The summed E-state index contributed by atoms with van der Waals surface area (Å²) in [5.74, 6) is -1.84. The summed E-state index contributed by atoms with van der Waals surface area (Å²) in [5.41, 5.74) is 11.9. The largest absolute Gasteiger partial charge is 0.454 e. The van der Waals surface area contributed by atoms with E-state index in [1.165, 1.54) is 48.5 Å². The highest BCUT2D eigenvalue weighted by Crippen LogP contribution is 2.33. The van der Waals surface area contributed by atoms with E-state index >= 15 is 0 Å². The van der Waals surface area contributed by atoms with Crippen molar-refractivity contribution in [1.82, 2.24) is 9.97 Å². The quantitative estimate of drug-likeness (QED) is 0.195. The minimum atomic E-state index is -0.760. The molecule has 0 radical (unpaired) electrons. The van der Waals surface area contributed by atoms with Crippen molar-refractivity contribution in [3.05, 3.63) is 69.7 Å². The molecule has 2 aromatic carbocycles. The van der Waals surface area contributed by atoms with Gasteiger partial charge in [-0.25, -0.2) is 19.7 Å². The fourth-order valence-corrected chi connectivity index (χ4v) is 4.88. The molecule has 13 heteroatoms. The molecular formula is C23H17Cl2N5O5S. The monoisotopic (exact) mass is 545 g/mol. The van der Waals surface area contributed by atoms with Crippen LogP contribution in [0.15, 0.2) is 53.7 Å². The van der Waals surface area contributed by atoms with E-state index in [0.29, 0.717) is 5.02 Å². The maximum Gasteiger partial charge on any atom is 0.338 e. The highest BCUT2D eigenvalue weighted by molar-refractivity contribution is 8.00. The number of rotatable bonds is 7. The van der Waals surface area contributed by atoms with Gasteiger partial charge in [0.1, 0.15) is 16.9 Å². The van der Waals surface area contributed by atoms with E-state index in [9.17, 15) is 19.2 Å². The number of carbonyl (C=O) groups is 4. The van der Waals surface area contributed by atoms with E-state index in [1.54, 1.807) is 0 Å². The highest BCUT2D eigenvalue weighted by atomic mass is 35.5. The number of ketones is 1. The first-order valence-corrected chi connectivity index (χ1v) is 11.9. The Bertz CT molecular complexity index is 1370. The second-order valence-corrected chi connectivity index (χ2v) is 9.56. The lowest BCUT2D eigenvalue weighted by Gasteiger charge is -2.15. The van der Waals surface area contributed by atoms with E-state index < -0.39 is 35.4 Å².